The molecule has 2 aliphatic carbocycles. The van der Waals surface area contributed by atoms with Crippen molar-refractivity contribution in [3.05, 3.63) is 41.8 Å². The van der Waals surface area contributed by atoms with Crippen molar-refractivity contribution in [2.75, 3.05) is 11.9 Å². The second-order valence-corrected chi connectivity index (χ2v) is 7.40. The number of carbonyl (C=O) groups excluding carboxylic acids is 1. The third-order valence-electron chi connectivity index (χ3n) is 5.41. The van der Waals surface area contributed by atoms with Crippen LogP contribution in [-0.4, -0.2) is 22.7 Å². The zero-order valence-corrected chi connectivity index (χ0v) is 15.5. The maximum Gasteiger partial charge on any atom is 0.319 e. The maximum absolute atomic E-state index is 12.0. The highest BCUT2D eigenvalue weighted by Crippen LogP contribution is 2.36. The largest absolute Gasteiger partial charge is 0.339 e. The van der Waals surface area contributed by atoms with Gasteiger partial charge in [-0.05, 0) is 69.2 Å². The van der Waals surface area contributed by atoms with Crippen molar-refractivity contribution >= 4 is 11.7 Å². The topological polar surface area (TPSA) is 80.0 Å². The molecule has 0 aliphatic heterocycles. The Balaban J connectivity index is 1.26. The van der Waals surface area contributed by atoms with Crippen molar-refractivity contribution in [2.45, 2.75) is 57.3 Å². The quantitative estimate of drug-likeness (QED) is 0.704. The fourth-order valence-corrected chi connectivity index (χ4v) is 3.52. The predicted molar refractivity (Wildman–Crippen MR) is 105 cm³/mol. The normalized spacial score (nSPS) is 17.1. The molecule has 4 rings (SSSR count). The molecular formula is C21H26N4O2. The van der Waals surface area contributed by atoms with Crippen LogP contribution in [0.4, 0.5) is 10.5 Å². The van der Waals surface area contributed by atoms with Gasteiger partial charge >= 0.3 is 6.03 Å². The van der Waals surface area contributed by atoms with Crippen LogP contribution in [0.1, 0.15) is 63.2 Å². The minimum atomic E-state index is -0.175. The van der Waals surface area contributed by atoms with Crippen molar-refractivity contribution in [3.63, 3.8) is 0 Å². The van der Waals surface area contributed by atoms with E-state index in [1.54, 1.807) is 0 Å². The number of hydrogen-bond donors (Lipinski definition) is 2. The molecule has 2 aromatic rings. The van der Waals surface area contributed by atoms with Gasteiger partial charge in [0.15, 0.2) is 0 Å². The summed E-state index contributed by atoms with van der Waals surface area (Å²) >= 11 is 0. The van der Waals surface area contributed by atoms with E-state index in [4.69, 9.17) is 4.52 Å². The molecule has 1 fully saturated rings. The van der Waals surface area contributed by atoms with Crippen molar-refractivity contribution in [1.82, 2.24) is 15.5 Å². The minimum absolute atomic E-state index is 0.175. The van der Waals surface area contributed by atoms with Crippen molar-refractivity contribution < 1.29 is 9.32 Å². The highest BCUT2D eigenvalue weighted by Gasteiger charge is 2.25. The van der Waals surface area contributed by atoms with Crippen LogP contribution in [0.25, 0.3) is 11.4 Å². The summed E-state index contributed by atoms with van der Waals surface area (Å²) in [5.74, 6) is 1.78. The van der Waals surface area contributed by atoms with Gasteiger partial charge in [0, 0.05) is 23.7 Å². The van der Waals surface area contributed by atoms with E-state index in [0.717, 1.165) is 36.4 Å². The van der Waals surface area contributed by atoms with Crippen molar-refractivity contribution in [2.24, 2.45) is 0 Å². The van der Waals surface area contributed by atoms with E-state index in [-0.39, 0.29) is 6.03 Å². The molecule has 1 aromatic carbocycles. The van der Waals surface area contributed by atoms with Gasteiger partial charge in [-0.2, -0.15) is 4.98 Å². The first-order chi connectivity index (χ1) is 13.3. The number of amides is 2. The van der Waals surface area contributed by atoms with Crippen LogP contribution in [0, 0.1) is 0 Å². The van der Waals surface area contributed by atoms with Crippen LogP contribution >= 0.6 is 0 Å². The lowest BCUT2D eigenvalue weighted by atomic mass is 9.85. The number of allylic oxidation sites excluding steroid dienone is 1. The van der Waals surface area contributed by atoms with E-state index >= 15 is 0 Å². The molecular weight excluding hydrogens is 340 g/mol. The zero-order valence-electron chi connectivity index (χ0n) is 15.5. The summed E-state index contributed by atoms with van der Waals surface area (Å²) < 4.78 is 5.37. The Kier molecular flexibility index (Phi) is 5.51. The van der Waals surface area contributed by atoms with Gasteiger partial charge in [-0.1, -0.05) is 23.2 Å². The van der Waals surface area contributed by atoms with Gasteiger partial charge in [-0.3, -0.25) is 0 Å². The monoisotopic (exact) mass is 366 g/mol. The first-order valence-electron chi connectivity index (χ1n) is 9.95. The molecule has 1 heterocycles. The Bertz CT molecular complexity index is 806. The number of aromatic nitrogens is 2. The molecule has 0 unspecified atom stereocenters. The van der Waals surface area contributed by atoms with E-state index in [1.165, 1.54) is 37.7 Å². The number of nitrogens with one attached hydrogen (secondary N) is 2. The molecule has 6 heteroatoms. The van der Waals surface area contributed by atoms with Crippen LogP contribution in [0.2, 0.25) is 0 Å². The summed E-state index contributed by atoms with van der Waals surface area (Å²) in [6.07, 6.45) is 11.7. The van der Waals surface area contributed by atoms with E-state index in [0.29, 0.717) is 18.3 Å². The average Bonchev–Trinajstić information content (AvgIpc) is 3.11. The number of benzene rings is 1. The molecule has 142 valence electrons. The van der Waals surface area contributed by atoms with Crippen molar-refractivity contribution in [3.8, 4) is 11.4 Å². The van der Waals surface area contributed by atoms with Crippen LogP contribution in [-0.2, 0) is 0 Å². The summed E-state index contributed by atoms with van der Waals surface area (Å²) in [7, 11) is 0. The molecule has 0 atom stereocenters. The Morgan fingerprint density at radius 1 is 1.15 bits per heavy atom. The molecule has 0 spiro atoms. The molecule has 2 aliphatic rings. The summed E-state index contributed by atoms with van der Waals surface area (Å²) in [6, 6.07) is 7.34. The second-order valence-electron chi connectivity index (χ2n) is 7.40. The standard InChI is InChI=1S/C21H26N4O2/c26-21(22-14-13-15-5-2-1-3-6-15)23-18-11-9-16(10-12-18)19-24-20(27-25-19)17-7-4-8-17/h5,9-12,17H,1-4,6-8,13-14H2,(H2,22,23,26). The number of nitrogens with zero attached hydrogens (tertiary/aromatic N) is 2. The first-order valence-corrected chi connectivity index (χ1v) is 9.95. The van der Waals surface area contributed by atoms with Gasteiger partial charge in [-0.25, -0.2) is 4.79 Å². The molecule has 0 saturated heterocycles. The Hall–Kier alpha value is -2.63. The fraction of sp³-hybridized carbons (Fsp3) is 0.476. The molecule has 27 heavy (non-hydrogen) atoms. The molecule has 0 radical (unpaired) electrons. The molecule has 0 bridgehead atoms. The number of anilines is 1. The highest BCUT2D eigenvalue weighted by atomic mass is 16.5. The third kappa shape index (κ3) is 4.56. The number of urea groups is 1. The smallest absolute Gasteiger partial charge is 0.319 e. The number of rotatable bonds is 6. The molecule has 2 N–H and O–H groups in total. The lowest BCUT2D eigenvalue weighted by molar-refractivity contribution is 0.252. The van der Waals surface area contributed by atoms with Crippen LogP contribution in [0.3, 0.4) is 0 Å². The van der Waals surface area contributed by atoms with E-state index in [2.05, 4.69) is 26.9 Å². The average molecular weight is 366 g/mol. The van der Waals surface area contributed by atoms with Gasteiger partial charge in [0.2, 0.25) is 11.7 Å². The molecule has 2 amide bonds. The van der Waals surface area contributed by atoms with Gasteiger partial charge < -0.3 is 15.2 Å². The highest BCUT2D eigenvalue weighted by molar-refractivity contribution is 5.89. The van der Waals surface area contributed by atoms with E-state index < -0.39 is 0 Å². The SMILES string of the molecule is O=C(NCCC1=CCCCC1)Nc1ccc(-c2noc(C3CCC3)n2)cc1. The van der Waals surface area contributed by atoms with Crippen LogP contribution in [0.15, 0.2) is 40.4 Å². The Morgan fingerprint density at radius 2 is 2.00 bits per heavy atom. The van der Waals surface area contributed by atoms with Crippen LogP contribution < -0.4 is 10.6 Å². The molecule has 1 aromatic heterocycles. The van der Waals surface area contributed by atoms with Gasteiger partial charge in [0.1, 0.15) is 0 Å². The maximum atomic E-state index is 12.0. The minimum Gasteiger partial charge on any atom is -0.339 e. The predicted octanol–water partition coefficient (Wildman–Crippen LogP) is 5.02. The fourth-order valence-electron chi connectivity index (χ4n) is 3.52. The number of hydrogen-bond acceptors (Lipinski definition) is 4. The first kappa shape index (κ1) is 17.8. The lowest BCUT2D eigenvalue weighted by Gasteiger charge is -2.20. The Morgan fingerprint density at radius 3 is 2.70 bits per heavy atom. The summed E-state index contributed by atoms with van der Waals surface area (Å²) in [4.78, 5) is 16.5. The number of carbonyl (C=O) groups is 1. The second kappa shape index (κ2) is 8.37. The van der Waals surface area contributed by atoms with Gasteiger partial charge in [0.05, 0.1) is 0 Å². The third-order valence-corrected chi connectivity index (χ3v) is 5.41. The van der Waals surface area contributed by atoms with Crippen molar-refractivity contribution in [1.29, 1.82) is 0 Å². The summed E-state index contributed by atoms with van der Waals surface area (Å²) in [5.41, 5.74) is 3.10. The van der Waals surface area contributed by atoms with E-state index in [9.17, 15) is 4.79 Å². The zero-order chi connectivity index (χ0) is 18.5. The van der Waals surface area contributed by atoms with Crippen LogP contribution in [0.5, 0.6) is 0 Å². The van der Waals surface area contributed by atoms with Gasteiger partial charge in [0.25, 0.3) is 0 Å². The van der Waals surface area contributed by atoms with E-state index in [1.807, 2.05) is 24.3 Å². The lowest BCUT2D eigenvalue weighted by Crippen LogP contribution is -2.29. The van der Waals surface area contributed by atoms with Gasteiger partial charge in [-0.15, -0.1) is 0 Å². The summed E-state index contributed by atoms with van der Waals surface area (Å²) in [5, 5.41) is 9.86. The molecule has 1 saturated carbocycles. The molecule has 6 nitrogen and oxygen atoms in total. The Labute approximate surface area is 159 Å². The summed E-state index contributed by atoms with van der Waals surface area (Å²) in [6.45, 7) is 0.669.